The van der Waals surface area contributed by atoms with Crippen molar-refractivity contribution in [3.05, 3.63) is 30.1 Å². The minimum Gasteiger partial charge on any atom is -0.481 e. The van der Waals surface area contributed by atoms with E-state index in [0.29, 0.717) is 13.1 Å². The highest BCUT2D eigenvalue weighted by atomic mass is 16.4. The second kappa shape index (κ2) is 11.0. The van der Waals surface area contributed by atoms with Crippen LogP contribution in [0.15, 0.2) is 24.4 Å². The number of nitrogens with zero attached hydrogens (tertiary/aromatic N) is 3. The molecule has 156 valence electrons. The van der Waals surface area contributed by atoms with Crippen molar-refractivity contribution in [1.82, 2.24) is 20.1 Å². The third-order valence-corrected chi connectivity index (χ3v) is 5.38. The first-order chi connectivity index (χ1) is 13.3. The summed E-state index contributed by atoms with van der Waals surface area (Å²) in [5, 5.41) is 12.2. The summed E-state index contributed by atoms with van der Waals surface area (Å²) in [7, 11) is 2.08. The fourth-order valence-corrected chi connectivity index (χ4v) is 3.77. The van der Waals surface area contributed by atoms with Crippen LogP contribution in [0.2, 0.25) is 0 Å². The van der Waals surface area contributed by atoms with Gasteiger partial charge in [0.15, 0.2) is 0 Å². The highest BCUT2D eigenvalue weighted by molar-refractivity contribution is 5.74. The molecule has 1 saturated heterocycles. The Labute approximate surface area is 168 Å². The molecule has 7 nitrogen and oxygen atoms in total. The Morgan fingerprint density at radius 3 is 2.75 bits per heavy atom. The number of nitrogens with one attached hydrogen (secondary N) is 1. The lowest BCUT2D eigenvalue weighted by atomic mass is 9.81. The molecule has 1 aromatic rings. The number of aromatic nitrogens is 1. The summed E-state index contributed by atoms with van der Waals surface area (Å²) in [6, 6.07) is 6.00. The van der Waals surface area contributed by atoms with Gasteiger partial charge in [-0.3, -0.25) is 9.78 Å². The molecule has 2 unspecified atom stereocenters. The Bertz CT molecular complexity index is 623. The van der Waals surface area contributed by atoms with Crippen molar-refractivity contribution >= 4 is 12.0 Å². The van der Waals surface area contributed by atoms with Gasteiger partial charge in [0, 0.05) is 50.4 Å². The lowest BCUT2D eigenvalue weighted by Crippen LogP contribution is -2.50. The molecule has 0 spiro atoms. The fraction of sp³-hybridized carbons (Fsp3) is 0.667. The summed E-state index contributed by atoms with van der Waals surface area (Å²) in [6.07, 6.45) is 4.53. The van der Waals surface area contributed by atoms with E-state index in [2.05, 4.69) is 22.2 Å². The van der Waals surface area contributed by atoms with Crippen LogP contribution in [0.3, 0.4) is 0 Å². The number of likely N-dealkylation sites (tertiary alicyclic amines) is 1. The number of piperidine rings is 1. The summed E-state index contributed by atoms with van der Waals surface area (Å²) in [4.78, 5) is 32.1. The molecule has 2 atom stereocenters. The normalized spacial score (nSPS) is 19.8. The zero-order valence-corrected chi connectivity index (χ0v) is 17.3. The minimum absolute atomic E-state index is 0.0442. The molecule has 0 aliphatic carbocycles. The SMILES string of the molecule is CC(C)NC(=O)N1CCC(CC(=O)O)C(CCN(C)CCc2ccccn2)C1. The summed E-state index contributed by atoms with van der Waals surface area (Å²) in [6.45, 7) is 6.94. The average Bonchev–Trinajstić information content (AvgIpc) is 2.65. The maximum absolute atomic E-state index is 12.4. The Hall–Kier alpha value is -2.15. The predicted molar refractivity (Wildman–Crippen MR) is 109 cm³/mol. The second-order valence-electron chi connectivity index (χ2n) is 8.12. The van der Waals surface area contributed by atoms with Crippen molar-refractivity contribution < 1.29 is 14.7 Å². The van der Waals surface area contributed by atoms with E-state index in [9.17, 15) is 14.7 Å². The van der Waals surface area contributed by atoms with Crippen molar-refractivity contribution in [1.29, 1.82) is 0 Å². The molecule has 2 heterocycles. The highest BCUT2D eigenvalue weighted by Crippen LogP contribution is 2.29. The number of carbonyl (C=O) groups is 2. The Morgan fingerprint density at radius 2 is 2.11 bits per heavy atom. The molecular formula is C21H34N4O3. The fourth-order valence-electron chi connectivity index (χ4n) is 3.77. The second-order valence-corrected chi connectivity index (χ2v) is 8.12. The molecule has 28 heavy (non-hydrogen) atoms. The molecule has 0 aromatic carbocycles. The molecule has 2 rings (SSSR count). The molecule has 2 amide bonds. The Balaban J connectivity index is 1.87. The largest absolute Gasteiger partial charge is 0.481 e. The van der Waals surface area contributed by atoms with E-state index < -0.39 is 5.97 Å². The van der Waals surface area contributed by atoms with Crippen LogP contribution in [-0.4, -0.2) is 71.2 Å². The molecule has 7 heteroatoms. The van der Waals surface area contributed by atoms with Crippen LogP contribution in [0.4, 0.5) is 4.79 Å². The van der Waals surface area contributed by atoms with Gasteiger partial charge < -0.3 is 20.2 Å². The number of urea groups is 1. The van der Waals surface area contributed by atoms with Gasteiger partial charge in [0.1, 0.15) is 0 Å². The maximum Gasteiger partial charge on any atom is 0.317 e. The van der Waals surface area contributed by atoms with Gasteiger partial charge in [-0.1, -0.05) is 6.07 Å². The Kier molecular flexibility index (Phi) is 8.70. The third-order valence-electron chi connectivity index (χ3n) is 5.38. The van der Waals surface area contributed by atoms with Crippen LogP contribution in [0.25, 0.3) is 0 Å². The number of amides is 2. The number of carboxylic acid groups (broad SMARTS) is 1. The number of hydrogen-bond donors (Lipinski definition) is 2. The number of likely N-dealkylation sites (N-methyl/N-ethyl adjacent to an activating group) is 1. The van der Waals surface area contributed by atoms with Crippen LogP contribution in [0.1, 0.15) is 38.8 Å². The van der Waals surface area contributed by atoms with Gasteiger partial charge in [0.25, 0.3) is 0 Å². The van der Waals surface area contributed by atoms with E-state index >= 15 is 0 Å². The molecular weight excluding hydrogens is 356 g/mol. The first-order valence-corrected chi connectivity index (χ1v) is 10.2. The van der Waals surface area contributed by atoms with Gasteiger partial charge in [-0.25, -0.2) is 4.79 Å². The van der Waals surface area contributed by atoms with Crippen molar-refractivity contribution in [3.63, 3.8) is 0 Å². The van der Waals surface area contributed by atoms with Gasteiger partial charge in [-0.2, -0.15) is 0 Å². The number of aliphatic carboxylic acids is 1. The number of pyridine rings is 1. The summed E-state index contributed by atoms with van der Waals surface area (Å²) < 4.78 is 0. The third kappa shape index (κ3) is 7.46. The van der Waals surface area contributed by atoms with Crippen molar-refractivity contribution in [3.8, 4) is 0 Å². The van der Waals surface area contributed by atoms with Gasteiger partial charge in [-0.05, 0) is 64.3 Å². The van der Waals surface area contributed by atoms with Gasteiger partial charge in [-0.15, -0.1) is 0 Å². The zero-order chi connectivity index (χ0) is 20.5. The molecule has 1 aliphatic rings. The monoisotopic (exact) mass is 390 g/mol. The van der Waals surface area contributed by atoms with Gasteiger partial charge in [0.05, 0.1) is 0 Å². The lowest BCUT2D eigenvalue weighted by Gasteiger charge is -2.39. The number of carboxylic acids is 1. The van der Waals surface area contributed by atoms with Crippen molar-refractivity contribution in [2.24, 2.45) is 11.8 Å². The first kappa shape index (κ1) is 22.1. The van der Waals surface area contributed by atoms with Crippen molar-refractivity contribution in [2.45, 2.75) is 45.6 Å². The lowest BCUT2D eigenvalue weighted by molar-refractivity contribution is -0.139. The molecule has 1 aliphatic heterocycles. The molecule has 1 fully saturated rings. The van der Waals surface area contributed by atoms with Crippen LogP contribution >= 0.6 is 0 Å². The topological polar surface area (TPSA) is 85.8 Å². The smallest absolute Gasteiger partial charge is 0.317 e. The summed E-state index contributed by atoms with van der Waals surface area (Å²) >= 11 is 0. The molecule has 2 N–H and O–H groups in total. The van der Waals surface area contributed by atoms with E-state index in [-0.39, 0.29) is 30.3 Å². The van der Waals surface area contributed by atoms with E-state index in [1.54, 1.807) is 0 Å². The zero-order valence-electron chi connectivity index (χ0n) is 17.3. The minimum atomic E-state index is -0.751. The predicted octanol–water partition coefficient (Wildman–Crippen LogP) is 2.48. The summed E-state index contributed by atoms with van der Waals surface area (Å²) in [5.74, 6) is -0.413. The van der Waals surface area contributed by atoms with E-state index in [1.807, 2.05) is 43.1 Å². The van der Waals surface area contributed by atoms with Gasteiger partial charge >= 0.3 is 12.0 Å². The molecule has 0 bridgehead atoms. The standard InChI is InChI=1S/C21H34N4O3/c1-16(2)23-21(28)25-13-8-17(14-20(26)27)18(15-25)7-11-24(3)12-9-19-6-4-5-10-22-19/h4-6,10,16-18H,7-9,11-15H2,1-3H3,(H,23,28)(H,26,27). The average molecular weight is 391 g/mol. The highest BCUT2D eigenvalue weighted by Gasteiger charge is 2.32. The maximum atomic E-state index is 12.4. The van der Waals surface area contributed by atoms with Gasteiger partial charge in [0.2, 0.25) is 0 Å². The van der Waals surface area contributed by atoms with Crippen LogP contribution in [0.5, 0.6) is 0 Å². The first-order valence-electron chi connectivity index (χ1n) is 10.2. The van der Waals surface area contributed by atoms with Crippen molar-refractivity contribution in [2.75, 3.05) is 33.2 Å². The quantitative estimate of drug-likeness (QED) is 0.677. The number of hydrogen-bond acceptors (Lipinski definition) is 4. The Morgan fingerprint density at radius 1 is 1.32 bits per heavy atom. The van der Waals surface area contributed by atoms with E-state index in [4.69, 9.17) is 0 Å². The number of rotatable bonds is 9. The molecule has 1 aromatic heterocycles. The van der Waals surface area contributed by atoms with Crippen LogP contribution in [-0.2, 0) is 11.2 Å². The van der Waals surface area contributed by atoms with Crippen LogP contribution < -0.4 is 5.32 Å². The molecule has 0 radical (unpaired) electrons. The van der Waals surface area contributed by atoms with E-state index in [0.717, 1.165) is 38.0 Å². The summed E-state index contributed by atoms with van der Waals surface area (Å²) in [5.41, 5.74) is 1.08. The van der Waals surface area contributed by atoms with E-state index in [1.165, 1.54) is 0 Å². The number of carbonyl (C=O) groups excluding carboxylic acids is 1. The van der Waals surface area contributed by atoms with Crippen LogP contribution in [0, 0.1) is 11.8 Å². The molecule has 0 saturated carbocycles.